The van der Waals surface area contributed by atoms with Crippen LogP contribution in [0.4, 0.5) is 0 Å². The fourth-order valence-electron chi connectivity index (χ4n) is 4.47. The minimum absolute atomic E-state index is 0.117. The molecule has 4 rings (SSSR count). The van der Waals surface area contributed by atoms with Gasteiger partial charge in [-0.05, 0) is 36.6 Å². The molecule has 0 unspecified atom stereocenters. The van der Waals surface area contributed by atoms with Gasteiger partial charge in [0.25, 0.3) is 11.8 Å². The number of amides is 2. The summed E-state index contributed by atoms with van der Waals surface area (Å²) < 4.78 is 7.43. The minimum atomic E-state index is -0.429. The second-order valence-electron chi connectivity index (χ2n) is 8.57. The summed E-state index contributed by atoms with van der Waals surface area (Å²) in [5.41, 5.74) is 3.26. The van der Waals surface area contributed by atoms with E-state index < -0.39 is 6.04 Å². The number of nitrogens with zero attached hydrogens (tertiary/aromatic N) is 3. The third-order valence-corrected chi connectivity index (χ3v) is 6.52. The SMILES string of the molecule is COc1cccc2c1nc([C@H](CCCNC(=N)CCl)NC(=O)c1cccc3c1C(=O)N(C)C3)n2C. The van der Waals surface area contributed by atoms with Gasteiger partial charge < -0.3 is 24.8 Å². The molecule has 0 saturated carbocycles. The molecule has 9 nitrogen and oxygen atoms in total. The molecule has 0 aliphatic carbocycles. The molecule has 1 aliphatic heterocycles. The van der Waals surface area contributed by atoms with Gasteiger partial charge in [-0.1, -0.05) is 18.2 Å². The van der Waals surface area contributed by atoms with Crippen molar-refractivity contribution in [2.75, 3.05) is 26.6 Å². The third-order valence-electron chi connectivity index (χ3n) is 6.25. The smallest absolute Gasteiger partial charge is 0.255 e. The van der Waals surface area contributed by atoms with E-state index in [1.54, 1.807) is 31.2 Å². The van der Waals surface area contributed by atoms with Crippen molar-refractivity contribution in [3.63, 3.8) is 0 Å². The van der Waals surface area contributed by atoms with Crippen LogP contribution in [0.5, 0.6) is 5.75 Å². The van der Waals surface area contributed by atoms with Crippen molar-refractivity contribution in [3.05, 3.63) is 58.9 Å². The second-order valence-corrected chi connectivity index (χ2v) is 8.83. The number of amidine groups is 1. The molecule has 0 saturated heterocycles. The lowest BCUT2D eigenvalue weighted by Gasteiger charge is -2.20. The van der Waals surface area contributed by atoms with Gasteiger partial charge in [-0.25, -0.2) is 4.98 Å². The van der Waals surface area contributed by atoms with E-state index in [1.165, 1.54) is 0 Å². The number of carbonyl (C=O) groups is 2. The molecule has 2 amide bonds. The maximum atomic E-state index is 13.5. The van der Waals surface area contributed by atoms with Crippen LogP contribution in [0.25, 0.3) is 11.0 Å². The van der Waals surface area contributed by atoms with Gasteiger partial charge in [0.15, 0.2) is 0 Å². The van der Waals surface area contributed by atoms with Gasteiger partial charge in [0, 0.05) is 27.2 Å². The topological polar surface area (TPSA) is 112 Å². The van der Waals surface area contributed by atoms with Crippen LogP contribution < -0.4 is 15.4 Å². The molecule has 2 heterocycles. The first kappa shape index (κ1) is 24.5. The first-order valence-electron chi connectivity index (χ1n) is 11.4. The number of fused-ring (bicyclic) bond motifs is 2. The van der Waals surface area contributed by atoms with Crippen molar-refractivity contribution < 1.29 is 14.3 Å². The molecule has 0 radical (unpaired) electrons. The lowest BCUT2D eigenvalue weighted by molar-refractivity contribution is 0.0808. The van der Waals surface area contributed by atoms with E-state index in [0.29, 0.717) is 54.1 Å². The molecule has 184 valence electrons. The van der Waals surface area contributed by atoms with Gasteiger partial charge in [-0.3, -0.25) is 15.0 Å². The largest absolute Gasteiger partial charge is 0.494 e. The second kappa shape index (κ2) is 10.4. The first-order valence-corrected chi connectivity index (χ1v) is 11.9. The molecule has 0 spiro atoms. The van der Waals surface area contributed by atoms with E-state index in [2.05, 4.69) is 10.6 Å². The molecule has 10 heteroatoms. The zero-order valence-electron chi connectivity index (χ0n) is 20.0. The number of hydrogen-bond donors (Lipinski definition) is 3. The highest BCUT2D eigenvalue weighted by molar-refractivity contribution is 6.27. The summed E-state index contributed by atoms with van der Waals surface area (Å²) in [5.74, 6) is 1.23. The molecule has 1 aliphatic rings. The Morgan fingerprint density at radius 2 is 2.03 bits per heavy atom. The quantitative estimate of drug-likeness (QED) is 0.182. The van der Waals surface area contributed by atoms with Crippen LogP contribution in [-0.2, 0) is 13.6 Å². The van der Waals surface area contributed by atoms with Gasteiger partial charge in [-0.2, -0.15) is 0 Å². The average Bonchev–Trinajstić information content (AvgIpc) is 3.36. The van der Waals surface area contributed by atoms with E-state index in [0.717, 1.165) is 11.1 Å². The Labute approximate surface area is 208 Å². The van der Waals surface area contributed by atoms with Crippen molar-refractivity contribution in [2.45, 2.75) is 25.4 Å². The Kier molecular flexibility index (Phi) is 7.25. The molecule has 0 fully saturated rings. The van der Waals surface area contributed by atoms with Crippen LogP contribution in [0, 0.1) is 5.41 Å². The average molecular weight is 497 g/mol. The van der Waals surface area contributed by atoms with Gasteiger partial charge in [-0.15, -0.1) is 11.6 Å². The molecule has 3 N–H and O–H groups in total. The summed E-state index contributed by atoms with van der Waals surface area (Å²) in [6.45, 7) is 1.02. The summed E-state index contributed by atoms with van der Waals surface area (Å²) in [7, 11) is 5.23. The number of carbonyl (C=O) groups excluding carboxylic acids is 2. The Balaban J connectivity index is 1.65. The number of imidazole rings is 1. The number of para-hydroxylation sites is 1. The number of aromatic nitrogens is 2. The number of alkyl halides is 1. The predicted octanol–water partition coefficient (Wildman–Crippen LogP) is 3.22. The van der Waals surface area contributed by atoms with Gasteiger partial charge in [0.2, 0.25) is 0 Å². The number of ether oxygens (including phenoxy) is 1. The van der Waals surface area contributed by atoms with Crippen LogP contribution in [0.2, 0.25) is 0 Å². The van der Waals surface area contributed by atoms with E-state index in [4.69, 9.17) is 26.7 Å². The Bertz CT molecular complexity index is 1290. The van der Waals surface area contributed by atoms with Crippen molar-refractivity contribution in [1.29, 1.82) is 5.41 Å². The summed E-state index contributed by atoms with van der Waals surface area (Å²) in [6.07, 6.45) is 1.23. The minimum Gasteiger partial charge on any atom is -0.494 e. The standard InChI is InChI=1S/C25H29ClN6O3/c1-31-14-15-7-4-8-16(21(15)25(31)34)24(33)29-17(9-6-12-28-20(27)13-26)23-30-22-18(32(23)2)10-5-11-19(22)35-3/h4-5,7-8,10-11,17H,6,9,12-14H2,1-3H3,(H2,27,28)(H,29,33)/t17-/m0/s1. The fraction of sp³-hybridized carbons (Fsp3) is 0.360. The zero-order valence-corrected chi connectivity index (χ0v) is 20.8. The Hall–Kier alpha value is -3.59. The fourth-order valence-corrected chi connectivity index (χ4v) is 4.56. The van der Waals surface area contributed by atoms with Crippen LogP contribution in [0.15, 0.2) is 36.4 Å². The van der Waals surface area contributed by atoms with Gasteiger partial charge in [0.1, 0.15) is 22.9 Å². The van der Waals surface area contributed by atoms with Crippen molar-refractivity contribution in [2.24, 2.45) is 7.05 Å². The molecule has 2 aromatic carbocycles. The number of halogens is 1. The molecular formula is C25H29ClN6O3. The summed E-state index contributed by atoms with van der Waals surface area (Å²) in [5, 5.41) is 13.8. The molecule has 0 bridgehead atoms. The van der Waals surface area contributed by atoms with Crippen molar-refractivity contribution >= 4 is 40.3 Å². The first-order chi connectivity index (χ1) is 16.8. The van der Waals surface area contributed by atoms with E-state index in [1.807, 2.05) is 35.9 Å². The summed E-state index contributed by atoms with van der Waals surface area (Å²) >= 11 is 5.69. The monoisotopic (exact) mass is 496 g/mol. The maximum Gasteiger partial charge on any atom is 0.255 e. The number of benzene rings is 2. The number of hydrogen-bond acceptors (Lipinski definition) is 5. The molecular weight excluding hydrogens is 468 g/mol. The van der Waals surface area contributed by atoms with Crippen LogP contribution in [0.3, 0.4) is 0 Å². The predicted molar refractivity (Wildman–Crippen MR) is 135 cm³/mol. The summed E-state index contributed by atoms with van der Waals surface area (Å²) in [6, 6.07) is 10.6. The maximum absolute atomic E-state index is 13.5. The van der Waals surface area contributed by atoms with Crippen LogP contribution in [0.1, 0.15) is 51.0 Å². The number of rotatable bonds is 9. The highest BCUT2D eigenvalue weighted by Crippen LogP contribution is 2.30. The van der Waals surface area contributed by atoms with Crippen LogP contribution >= 0.6 is 11.6 Å². The van der Waals surface area contributed by atoms with Gasteiger partial charge in [0.05, 0.1) is 35.7 Å². The lowest BCUT2D eigenvalue weighted by atomic mass is 10.0. The Morgan fingerprint density at radius 1 is 1.26 bits per heavy atom. The summed E-state index contributed by atoms with van der Waals surface area (Å²) in [4.78, 5) is 32.6. The number of methoxy groups -OCH3 is 1. The number of nitrogens with one attached hydrogen (secondary N) is 3. The van der Waals surface area contributed by atoms with E-state index >= 15 is 0 Å². The Morgan fingerprint density at radius 3 is 2.77 bits per heavy atom. The molecule has 1 aromatic heterocycles. The molecule has 3 aromatic rings. The van der Waals surface area contributed by atoms with Crippen molar-refractivity contribution in [3.8, 4) is 5.75 Å². The molecule has 1 atom stereocenters. The highest BCUT2D eigenvalue weighted by Gasteiger charge is 2.31. The lowest BCUT2D eigenvalue weighted by Crippen LogP contribution is -2.33. The van der Waals surface area contributed by atoms with Crippen LogP contribution in [-0.4, -0.2) is 58.7 Å². The normalized spacial score (nSPS) is 13.6. The van der Waals surface area contributed by atoms with E-state index in [9.17, 15) is 9.59 Å². The van der Waals surface area contributed by atoms with Crippen molar-refractivity contribution in [1.82, 2.24) is 25.1 Å². The zero-order chi connectivity index (χ0) is 25.1. The highest BCUT2D eigenvalue weighted by atomic mass is 35.5. The van der Waals surface area contributed by atoms with E-state index in [-0.39, 0.29) is 23.5 Å². The van der Waals surface area contributed by atoms with Gasteiger partial charge >= 0.3 is 0 Å². The third kappa shape index (κ3) is 4.81. The molecule has 35 heavy (non-hydrogen) atoms. The number of aryl methyl sites for hydroxylation is 1.